The number of nitrogens with zero attached hydrogens (tertiary/aromatic N) is 5. The summed E-state index contributed by atoms with van der Waals surface area (Å²) in [5, 5.41) is 19.9. The molecule has 11 nitrogen and oxygen atoms in total. The van der Waals surface area contributed by atoms with Gasteiger partial charge in [-0.25, -0.2) is 14.3 Å². The number of amides is 1. The monoisotopic (exact) mass is 582 g/mol. The van der Waals surface area contributed by atoms with Gasteiger partial charge in [0.05, 0.1) is 30.1 Å². The van der Waals surface area contributed by atoms with E-state index in [0.29, 0.717) is 43.4 Å². The summed E-state index contributed by atoms with van der Waals surface area (Å²) < 4.78 is 15.0. The topological polar surface area (TPSA) is 120 Å². The van der Waals surface area contributed by atoms with Crippen LogP contribution >= 0.6 is 0 Å². The van der Waals surface area contributed by atoms with Gasteiger partial charge in [0.15, 0.2) is 5.82 Å². The number of rotatable bonds is 11. The Morgan fingerprint density at radius 3 is 2.77 bits per heavy atom. The molecule has 1 aliphatic rings. The zero-order chi connectivity index (χ0) is 29.6. The van der Waals surface area contributed by atoms with Crippen molar-refractivity contribution in [3.05, 3.63) is 78.4 Å². The molecule has 11 heteroatoms. The van der Waals surface area contributed by atoms with Crippen molar-refractivity contribution in [3.8, 4) is 0 Å². The Bertz CT molecular complexity index is 1680. The number of anilines is 3. The van der Waals surface area contributed by atoms with Crippen LogP contribution in [0.5, 0.6) is 0 Å². The molecule has 0 aliphatic carbocycles. The van der Waals surface area contributed by atoms with E-state index in [1.807, 2.05) is 48.3 Å². The lowest BCUT2D eigenvalue weighted by Crippen LogP contribution is -2.37. The van der Waals surface area contributed by atoms with Crippen molar-refractivity contribution in [2.24, 2.45) is 5.92 Å². The molecule has 5 aromatic rings. The lowest BCUT2D eigenvalue weighted by molar-refractivity contribution is 0.0359. The molecule has 1 saturated heterocycles. The highest BCUT2D eigenvalue weighted by molar-refractivity contribution is 5.91. The standard InChI is InChI=1S/C32H38N8O3/c1-3-26-27(38-32(41)43-29(13-16-42-2)23-11-14-33-15-12-23)20-40-30(26)31(34-21-36-40)37-25-9-10-28-24(17-25)18-35-39(28)19-22-7-5-4-6-8-22/h4-10,17-18,20-21,23,29,33H,3,11-16,19H2,1-2H3,(H,38,41)(H,34,36,37). The molecule has 43 heavy (non-hydrogen) atoms. The second kappa shape index (κ2) is 13.2. The number of hydrogen-bond acceptors (Lipinski definition) is 8. The first-order valence-electron chi connectivity index (χ1n) is 14.9. The molecular weight excluding hydrogens is 544 g/mol. The molecule has 1 fully saturated rings. The van der Waals surface area contributed by atoms with Crippen LogP contribution < -0.4 is 16.0 Å². The number of aryl methyl sites for hydroxylation is 1. The fraction of sp³-hybridized carbons (Fsp3) is 0.375. The fourth-order valence-corrected chi connectivity index (χ4v) is 5.93. The van der Waals surface area contributed by atoms with Crippen LogP contribution in [0.25, 0.3) is 16.4 Å². The number of benzene rings is 2. The van der Waals surface area contributed by atoms with Gasteiger partial charge in [0.2, 0.25) is 0 Å². The molecule has 6 rings (SSSR count). The first kappa shape index (κ1) is 28.6. The maximum Gasteiger partial charge on any atom is 0.411 e. The Balaban J connectivity index is 1.21. The van der Waals surface area contributed by atoms with E-state index in [9.17, 15) is 4.79 Å². The summed E-state index contributed by atoms with van der Waals surface area (Å²) in [6.07, 6.45) is 7.82. The van der Waals surface area contributed by atoms with Crippen LogP contribution in [0, 0.1) is 5.92 Å². The number of hydrogen-bond donors (Lipinski definition) is 3. The fourth-order valence-electron chi connectivity index (χ4n) is 5.93. The summed E-state index contributed by atoms with van der Waals surface area (Å²) >= 11 is 0. The first-order valence-corrected chi connectivity index (χ1v) is 14.9. The van der Waals surface area contributed by atoms with Crippen molar-refractivity contribution in [1.29, 1.82) is 0 Å². The van der Waals surface area contributed by atoms with Crippen LogP contribution in [-0.4, -0.2) is 63.4 Å². The Kier molecular flexibility index (Phi) is 8.80. The molecule has 0 spiro atoms. The highest BCUT2D eigenvalue weighted by Crippen LogP contribution is 2.31. The van der Waals surface area contributed by atoms with E-state index in [2.05, 4.69) is 55.4 Å². The van der Waals surface area contributed by atoms with E-state index >= 15 is 0 Å². The average molecular weight is 583 g/mol. The van der Waals surface area contributed by atoms with Gasteiger partial charge in [-0.15, -0.1) is 0 Å². The Morgan fingerprint density at radius 2 is 1.98 bits per heavy atom. The summed E-state index contributed by atoms with van der Waals surface area (Å²) in [6.45, 7) is 5.16. The predicted molar refractivity (Wildman–Crippen MR) is 167 cm³/mol. The van der Waals surface area contributed by atoms with Crippen LogP contribution in [0.1, 0.15) is 37.3 Å². The maximum absolute atomic E-state index is 13.1. The molecule has 1 amide bonds. The number of ether oxygens (including phenoxy) is 2. The van der Waals surface area contributed by atoms with Gasteiger partial charge in [-0.3, -0.25) is 10.00 Å². The summed E-state index contributed by atoms with van der Waals surface area (Å²) in [6, 6.07) is 16.4. The highest BCUT2D eigenvalue weighted by atomic mass is 16.6. The minimum absolute atomic E-state index is 0.201. The zero-order valence-corrected chi connectivity index (χ0v) is 24.6. The van der Waals surface area contributed by atoms with Crippen LogP contribution in [0.3, 0.4) is 0 Å². The van der Waals surface area contributed by atoms with Gasteiger partial charge >= 0.3 is 6.09 Å². The third-order valence-corrected chi connectivity index (χ3v) is 8.12. The van der Waals surface area contributed by atoms with E-state index in [1.165, 1.54) is 11.9 Å². The summed E-state index contributed by atoms with van der Waals surface area (Å²) in [5.74, 6) is 0.960. The zero-order valence-electron chi connectivity index (χ0n) is 24.6. The Hall–Kier alpha value is -4.48. The van der Waals surface area contributed by atoms with Crippen LogP contribution in [0.15, 0.2) is 67.3 Å². The van der Waals surface area contributed by atoms with Crippen LogP contribution in [0.2, 0.25) is 0 Å². The quantitative estimate of drug-likeness (QED) is 0.190. The highest BCUT2D eigenvalue weighted by Gasteiger charge is 2.27. The average Bonchev–Trinajstić information content (AvgIpc) is 3.60. The first-order chi connectivity index (χ1) is 21.1. The number of fused-ring (bicyclic) bond motifs is 2. The van der Waals surface area contributed by atoms with E-state index < -0.39 is 6.09 Å². The van der Waals surface area contributed by atoms with Gasteiger partial charge in [-0.2, -0.15) is 10.2 Å². The van der Waals surface area contributed by atoms with Crippen molar-refractivity contribution in [2.45, 2.75) is 45.3 Å². The largest absolute Gasteiger partial charge is 0.446 e. The number of carbonyl (C=O) groups is 1. The number of piperidine rings is 1. The Labute approximate surface area is 250 Å². The number of aromatic nitrogens is 5. The van der Waals surface area contributed by atoms with Crippen molar-refractivity contribution in [3.63, 3.8) is 0 Å². The third kappa shape index (κ3) is 6.47. The minimum Gasteiger partial charge on any atom is -0.446 e. The molecule has 2 aromatic carbocycles. The SMILES string of the molecule is CCc1c(NC(=O)OC(CCOC)C2CCNCC2)cn2ncnc(Nc3ccc4c(cnn4Cc4ccccc4)c3)c12. The van der Waals surface area contributed by atoms with Crippen molar-refractivity contribution < 1.29 is 14.3 Å². The second-order valence-electron chi connectivity index (χ2n) is 10.9. The van der Waals surface area contributed by atoms with Gasteiger partial charge < -0.3 is 20.1 Å². The third-order valence-electron chi connectivity index (χ3n) is 8.12. The van der Waals surface area contributed by atoms with E-state index in [1.54, 1.807) is 11.6 Å². The van der Waals surface area contributed by atoms with Crippen molar-refractivity contribution in [1.82, 2.24) is 29.7 Å². The molecule has 3 N–H and O–H groups in total. The normalized spacial score (nSPS) is 14.7. The Morgan fingerprint density at radius 1 is 1.14 bits per heavy atom. The van der Waals surface area contributed by atoms with Crippen molar-refractivity contribution in [2.75, 3.05) is 37.4 Å². The summed E-state index contributed by atoms with van der Waals surface area (Å²) in [7, 11) is 1.67. The van der Waals surface area contributed by atoms with E-state index in [-0.39, 0.29) is 6.10 Å². The molecule has 1 aliphatic heterocycles. The molecule has 1 atom stereocenters. The molecular formula is C32H38N8O3. The van der Waals surface area contributed by atoms with Gasteiger partial charge in [-0.05, 0) is 62.0 Å². The van der Waals surface area contributed by atoms with Crippen molar-refractivity contribution >= 4 is 39.7 Å². The predicted octanol–water partition coefficient (Wildman–Crippen LogP) is 5.39. The lowest BCUT2D eigenvalue weighted by atomic mass is 9.90. The number of carbonyl (C=O) groups excluding carboxylic acids is 1. The lowest BCUT2D eigenvalue weighted by Gasteiger charge is -2.30. The van der Waals surface area contributed by atoms with Gasteiger partial charge in [0.25, 0.3) is 0 Å². The number of nitrogens with one attached hydrogen (secondary N) is 3. The van der Waals surface area contributed by atoms with E-state index in [4.69, 9.17) is 9.47 Å². The minimum atomic E-state index is -0.467. The summed E-state index contributed by atoms with van der Waals surface area (Å²) in [5.41, 5.74) is 5.51. The molecule has 4 heterocycles. The van der Waals surface area contributed by atoms with Gasteiger partial charge in [0, 0.05) is 36.8 Å². The molecule has 0 saturated carbocycles. The number of methoxy groups -OCH3 is 1. The maximum atomic E-state index is 13.1. The second-order valence-corrected chi connectivity index (χ2v) is 10.9. The van der Waals surface area contributed by atoms with Crippen LogP contribution in [-0.2, 0) is 22.4 Å². The van der Waals surface area contributed by atoms with E-state index in [0.717, 1.165) is 53.6 Å². The van der Waals surface area contributed by atoms with Gasteiger partial charge in [-0.1, -0.05) is 37.3 Å². The van der Waals surface area contributed by atoms with Gasteiger partial charge in [0.1, 0.15) is 17.9 Å². The molecule has 224 valence electrons. The molecule has 0 radical (unpaired) electrons. The smallest absolute Gasteiger partial charge is 0.411 e. The molecule has 3 aromatic heterocycles. The molecule has 0 bridgehead atoms. The molecule has 1 unspecified atom stereocenters. The van der Waals surface area contributed by atoms with Crippen LogP contribution in [0.4, 0.5) is 22.0 Å². The summed E-state index contributed by atoms with van der Waals surface area (Å²) in [4.78, 5) is 17.7.